The van der Waals surface area contributed by atoms with Gasteiger partial charge in [0.1, 0.15) is 10.7 Å². The predicted molar refractivity (Wildman–Crippen MR) is 81.0 cm³/mol. The zero-order chi connectivity index (χ0) is 18.8. The molecule has 5 nitrogen and oxygen atoms in total. The van der Waals surface area contributed by atoms with Crippen LogP contribution in [0.25, 0.3) is 0 Å². The number of rotatable bonds is 2. The molecule has 0 radical (unpaired) electrons. The van der Waals surface area contributed by atoms with Gasteiger partial charge in [-0.15, -0.1) is 0 Å². The highest BCUT2D eigenvalue weighted by molar-refractivity contribution is 8.14. The molecule has 0 bridgehead atoms. The maximum atomic E-state index is 12.2. The molecule has 24 heavy (non-hydrogen) atoms. The summed E-state index contributed by atoms with van der Waals surface area (Å²) in [4.78, 5) is -0.916. The number of hydrogen-bond donors (Lipinski definition) is 0. The molecule has 2 aromatic rings. The van der Waals surface area contributed by atoms with Crippen molar-refractivity contribution in [3.8, 4) is 0 Å². The van der Waals surface area contributed by atoms with Crippen LogP contribution in [0.2, 0.25) is 0 Å². The standard InChI is InChI=1S/C6H4ClF3O3S.C6H5ClO2S/c1-3-2-4(14(7,11)12)5(13-3)6(8,9)10;7-10(8,9)6-4-2-1-3-5-6/h2H,1H3;1-5H. The summed E-state index contributed by atoms with van der Waals surface area (Å²) in [7, 11) is 1.86. The number of benzene rings is 1. The third kappa shape index (κ3) is 6.00. The fourth-order valence-corrected chi connectivity index (χ4v) is 3.27. The van der Waals surface area contributed by atoms with E-state index in [0.29, 0.717) is 0 Å². The molecule has 0 aliphatic heterocycles. The van der Waals surface area contributed by atoms with Crippen LogP contribution in [0.15, 0.2) is 50.6 Å². The zero-order valence-corrected chi connectivity index (χ0v) is 14.9. The van der Waals surface area contributed by atoms with Gasteiger partial charge in [0.05, 0.1) is 4.90 Å². The lowest BCUT2D eigenvalue weighted by Gasteiger charge is -2.03. The lowest BCUT2D eigenvalue weighted by molar-refractivity contribution is -0.155. The van der Waals surface area contributed by atoms with E-state index in [2.05, 4.69) is 4.42 Å². The number of halogens is 5. The third-order valence-corrected chi connectivity index (χ3v) is 5.06. The molecular formula is C12H9Cl2F3O5S2. The Hall–Kier alpha value is -1.23. The lowest BCUT2D eigenvalue weighted by Crippen LogP contribution is -2.07. The molecule has 0 unspecified atom stereocenters. The normalized spacial score (nSPS) is 12.4. The van der Waals surface area contributed by atoms with E-state index < -0.39 is 34.9 Å². The molecule has 12 heteroatoms. The molecule has 1 aromatic heterocycles. The number of furan rings is 1. The van der Waals surface area contributed by atoms with Crippen molar-refractivity contribution in [1.29, 1.82) is 0 Å². The first-order chi connectivity index (χ1) is 10.7. The smallest absolute Gasteiger partial charge is 0.450 e. The fraction of sp³-hybridized carbons (Fsp3) is 0.167. The number of alkyl halides is 3. The van der Waals surface area contributed by atoms with Gasteiger partial charge in [-0.25, -0.2) is 16.8 Å². The van der Waals surface area contributed by atoms with Crippen molar-refractivity contribution in [2.75, 3.05) is 0 Å². The van der Waals surface area contributed by atoms with Crippen molar-refractivity contribution >= 4 is 39.5 Å². The molecule has 0 amide bonds. The Morgan fingerprint density at radius 1 is 0.958 bits per heavy atom. The first kappa shape index (κ1) is 20.8. The Morgan fingerprint density at radius 3 is 1.75 bits per heavy atom. The summed E-state index contributed by atoms with van der Waals surface area (Å²) in [5.41, 5.74) is 0. The summed E-state index contributed by atoms with van der Waals surface area (Å²) >= 11 is 0. The van der Waals surface area contributed by atoms with Crippen LogP contribution in [0.3, 0.4) is 0 Å². The quantitative estimate of drug-likeness (QED) is 0.676. The Labute approximate surface area is 144 Å². The van der Waals surface area contributed by atoms with E-state index in [-0.39, 0.29) is 10.7 Å². The summed E-state index contributed by atoms with van der Waals surface area (Å²) in [5.74, 6) is -1.76. The highest BCUT2D eigenvalue weighted by atomic mass is 35.7. The highest BCUT2D eigenvalue weighted by Gasteiger charge is 2.41. The van der Waals surface area contributed by atoms with Crippen molar-refractivity contribution in [3.05, 3.63) is 47.9 Å². The fourth-order valence-electron chi connectivity index (χ4n) is 1.45. The molecule has 0 saturated heterocycles. The second-order valence-electron chi connectivity index (χ2n) is 4.24. The minimum absolute atomic E-state index is 0.136. The molecule has 0 spiro atoms. The van der Waals surface area contributed by atoms with Crippen LogP contribution in [-0.2, 0) is 24.3 Å². The second kappa shape index (κ2) is 7.34. The number of hydrogen-bond acceptors (Lipinski definition) is 5. The Kier molecular flexibility index (Phi) is 6.37. The van der Waals surface area contributed by atoms with Crippen LogP contribution in [-0.4, -0.2) is 16.8 Å². The minimum Gasteiger partial charge on any atom is -0.455 e. The van der Waals surface area contributed by atoms with Crippen LogP contribution in [0.5, 0.6) is 0 Å². The van der Waals surface area contributed by atoms with E-state index in [4.69, 9.17) is 21.4 Å². The molecule has 1 heterocycles. The molecule has 0 N–H and O–H groups in total. The largest absolute Gasteiger partial charge is 0.455 e. The molecule has 0 aliphatic rings. The van der Waals surface area contributed by atoms with Crippen LogP contribution >= 0.6 is 21.4 Å². The van der Waals surface area contributed by atoms with Crippen molar-refractivity contribution in [1.82, 2.24) is 0 Å². The summed E-state index contributed by atoms with van der Waals surface area (Å²) in [6.45, 7) is 1.20. The van der Waals surface area contributed by atoms with Gasteiger partial charge >= 0.3 is 6.18 Å². The molecule has 0 atom stereocenters. The Balaban J connectivity index is 0.000000254. The van der Waals surface area contributed by atoms with E-state index in [1.165, 1.54) is 19.1 Å². The lowest BCUT2D eigenvalue weighted by atomic mass is 10.4. The third-order valence-electron chi connectivity index (χ3n) is 2.37. The molecular weight excluding hydrogens is 416 g/mol. The second-order valence-corrected chi connectivity index (χ2v) is 9.34. The zero-order valence-electron chi connectivity index (χ0n) is 11.7. The van der Waals surface area contributed by atoms with Gasteiger partial charge in [0.2, 0.25) is 5.76 Å². The number of aryl methyl sites for hydroxylation is 1. The van der Waals surface area contributed by atoms with Crippen LogP contribution in [0, 0.1) is 6.92 Å². The topological polar surface area (TPSA) is 81.4 Å². The van der Waals surface area contributed by atoms with Crippen molar-refractivity contribution in [2.24, 2.45) is 0 Å². The molecule has 0 fully saturated rings. The molecule has 134 valence electrons. The molecule has 2 rings (SSSR count). The van der Waals surface area contributed by atoms with Crippen LogP contribution in [0.4, 0.5) is 13.2 Å². The van der Waals surface area contributed by atoms with Crippen molar-refractivity contribution in [2.45, 2.75) is 22.9 Å². The Bertz CT molecular complexity index is 904. The van der Waals surface area contributed by atoms with Gasteiger partial charge in [-0.1, -0.05) is 18.2 Å². The van der Waals surface area contributed by atoms with E-state index in [1.54, 1.807) is 18.2 Å². The van der Waals surface area contributed by atoms with Gasteiger partial charge in [-0.2, -0.15) is 13.2 Å². The Morgan fingerprint density at radius 2 is 1.46 bits per heavy atom. The van der Waals surface area contributed by atoms with Crippen LogP contribution in [0.1, 0.15) is 11.5 Å². The monoisotopic (exact) mass is 424 g/mol. The SMILES string of the molecule is Cc1cc(S(=O)(=O)Cl)c(C(F)(F)F)o1.O=S(=O)(Cl)c1ccccc1. The van der Waals surface area contributed by atoms with Crippen molar-refractivity contribution < 1.29 is 34.4 Å². The maximum Gasteiger partial charge on any atom is 0.450 e. The van der Waals surface area contributed by atoms with E-state index >= 15 is 0 Å². The summed E-state index contributed by atoms with van der Waals surface area (Å²) < 4.78 is 83.4. The first-order valence-electron chi connectivity index (χ1n) is 5.85. The molecule has 0 aliphatic carbocycles. The van der Waals surface area contributed by atoms with Gasteiger partial charge in [0.15, 0.2) is 0 Å². The van der Waals surface area contributed by atoms with E-state index in [1.807, 2.05) is 0 Å². The predicted octanol–water partition coefficient (Wildman–Crippen LogP) is 4.15. The van der Waals surface area contributed by atoms with E-state index in [9.17, 15) is 30.0 Å². The summed E-state index contributed by atoms with van der Waals surface area (Å²) in [6.07, 6.45) is -4.87. The van der Waals surface area contributed by atoms with Gasteiger partial charge in [0, 0.05) is 21.4 Å². The maximum absolute atomic E-state index is 12.2. The summed E-state index contributed by atoms with van der Waals surface area (Å²) in [5, 5.41) is 0. The van der Waals surface area contributed by atoms with Crippen LogP contribution < -0.4 is 0 Å². The van der Waals surface area contributed by atoms with Gasteiger partial charge in [-0.05, 0) is 25.1 Å². The van der Waals surface area contributed by atoms with Gasteiger partial charge in [0.25, 0.3) is 18.1 Å². The van der Waals surface area contributed by atoms with Crippen molar-refractivity contribution in [3.63, 3.8) is 0 Å². The average molecular weight is 425 g/mol. The molecule has 0 saturated carbocycles. The summed E-state index contributed by atoms with van der Waals surface area (Å²) in [6, 6.07) is 8.59. The van der Waals surface area contributed by atoms with Gasteiger partial charge < -0.3 is 4.42 Å². The van der Waals surface area contributed by atoms with Gasteiger partial charge in [-0.3, -0.25) is 0 Å². The highest BCUT2D eigenvalue weighted by Crippen LogP contribution is 2.37. The molecule has 1 aromatic carbocycles. The minimum atomic E-state index is -4.87. The average Bonchev–Trinajstić information content (AvgIpc) is 2.82. The first-order valence-corrected chi connectivity index (χ1v) is 10.5. The van der Waals surface area contributed by atoms with E-state index in [0.717, 1.165) is 6.07 Å².